The van der Waals surface area contributed by atoms with Crippen LogP contribution < -0.4 is 5.32 Å². The van der Waals surface area contributed by atoms with Crippen molar-refractivity contribution in [2.24, 2.45) is 5.92 Å². The molecule has 1 aromatic carbocycles. The average molecular weight is 287 g/mol. The van der Waals surface area contributed by atoms with Crippen molar-refractivity contribution in [3.8, 4) is 0 Å². The molecule has 2 rings (SSSR count). The Labute approximate surface area is 117 Å². The largest absolute Gasteiger partial charge is 0.416 e. The molecule has 1 aromatic rings. The van der Waals surface area contributed by atoms with E-state index < -0.39 is 11.7 Å². The highest BCUT2D eigenvalue weighted by Crippen LogP contribution is 2.40. The van der Waals surface area contributed by atoms with E-state index >= 15 is 0 Å². The molecule has 0 amide bonds. The number of hydrogen-bond acceptors (Lipinski definition) is 2. The molecule has 0 bridgehead atoms. The van der Waals surface area contributed by atoms with E-state index in [9.17, 15) is 13.2 Å². The van der Waals surface area contributed by atoms with Gasteiger partial charge in [0.15, 0.2) is 0 Å². The van der Waals surface area contributed by atoms with Gasteiger partial charge in [0.2, 0.25) is 0 Å². The summed E-state index contributed by atoms with van der Waals surface area (Å²) in [6.07, 6.45) is -2.20. The fourth-order valence-electron chi connectivity index (χ4n) is 2.55. The molecule has 5 heteroatoms. The molecule has 0 spiro atoms. The third-order valence-electron chi connectivity index (χ3n) is 3.66. The van der Waals surface area contributed by atoms with E-state index in [1.165, 1.54) is 12.1 Å². The van der Waals surface area contributed by atoms with Gasteiger partial charge in [0.05, 0.1) is 17.7 Å². The van der Waals surface area contributed by atoms with Crippen LogP contribution in [0.25, 0.3) is 0 Å². The minimum absolute atomic E-state index is 0.0616. The van der Waals surface area contributed by atoms with Crippen LogP contribution in [0, 0.1) is 5.92 Å². The standard InChI is InChI=1S/C15H20F3NO/c1-3-20-14(10-7-8-10)13(19-2)11-5-4-6-12(9-11)15(16,17)18/h4-6,9-10,13-14,19H,3,7-8H2,1-2H3. The lowest BCUT2D eigenvalue weighted by atomic mass is 9.96. The van der Waals surface area contributed by atoms with Crippen molar-refractivity contribution in [1.29, 1.82) is 0 Å². The predicted octanol–water partition coefficient (Wildman–Crippen LogP) is 3.78. The van der Waals surface area contributed by atoms with Crippen molar-refractivity contribution in [1.82, 2.24) is 5.32 Å². The molecular weight excluding hydrogens is 267 g/mol. The van der Waals surface area contributed by atoms with Gasteiger partial charge in [-0.3, -0.25) is 0 Å². The third kappa shape index (κ3) is 3.52. The molecule has 1 aliphatic carbocycles. The smallest absolute Gasteiger partial charge is 0.376 e. The summed E-state index contributed by atoms with van der Waals surface area (Å²) in [5, 5.41) is 3.11. The van der Waals surface area contributed by atoms with Crippen LogP contribution in [0.15, 0.2) is 24.3 Å². The van der Waals surface area contributed by atoms with Gasteiger partial charge in [0, 0.05) is 6.61 Å². The number of ether oxygens (including phenoxy) is 1. The molecule has 1 aliphatic rings. The van der Waals surface area contributed by atoms with Crippen LogP contribution in [-0.4, -0.2) is 19.8 Å². The maximum absolute atomic E-state index is 12.8. The van der Waals surface area contributed by atoms with Gasteiger partial charge >= 0.3 is 6.18 Å². The van der Waals surface area contributed by atoms with Crippen LogP contribution in [0.3, 0.4) is 0 Å². The number of hydrogen-bond donors (Lipinski definition) is 1. The second-order valence-corrected chi connectivity index (χ2v) is 5.15. The minimum atomic E-state index is -4.31. The lowest BCUT2D eigenvalue weighted by Gasteiger charge is -2.27. The quantitative estimate of drug-likeness (QED) is 0.859. The number of alkyl halides is 3. The van der Waals surface area contributed by atoms with Crippen molar-refractivity contribution in [2.75, 3.05) is 13.7 Å². The number of likely N-dealkylation sites (N-methyl/N-ethyl adjacent to an activating group) is 1. The zero-order valence-electron chi connectivity index (χ0n) is 11.7. The Bertz CT molecular complexity index is 443. The molecule has 20 heavy (non-hydrogen) atoms. The average Bonchev–Trinajstić information content (AvgIpc) is 3.22. The molecule has 0 saturated heterocycles. The van der Waals surface area contributed by atoms with Crippen molar-refractivity contribution < 1.29 is 17.9 Å². The summed E-state index contributed by atoms with van der Waals surface area (Å²) in [4.78, 5) is 0. The summed E-state index contributed by atoms with van der Waals surface area (Å²) in [7, 11) is 1.76. The van der Waals surface area contributed by atoms with E-state index in [2.05, 4.69) is 5.32 Å². The van der Waals surface area contributed by atoms with Gasteiger partial charge in [-0.1, -0.05) is 12.1 Å². The molecule has 2 unspecified atom stereocenters. The first-order chi connectivity index (χ1) is 9.47. The molecule has 1 N–H and O–H groups in total. The fraction of sp³-hybridized carbons (Fsp3) is 0.600. The SMILES string of the molecule is CCOC(C1CC1)C(NC)c1cccc(C(F)(F)F)c1. The summed E-state index contributed by atoms with van der Waals surface area (Å²) in [6.45, 7) is 2.48. The summed E-state index contributed by atoms with van der Waals surface area (Å²) in [6, 6.07) is 5.30. The highest BCUT2D eigenvalue weighted by Gasteiger charge is 2.38. The Morgan fingerprint density at radius 2 is 2.05 bits per heavy atom. The first-order valence-electron chi connectivity index (χ1n) is 6.93. The van der Waals surface area contributed by atoms with Gasteiger partial charge < -0.3 is 10.1 Å². The number of benzene rings is 1. The summed E-state index contributed by atoms with van der Waals surface area (Å²) in [5.41, 5.74) is 0.0222. The van der Waals surface area contributed by atoms with Gasteiger partial charge in [-0.15, -0.1) is 0 Å². The minimum Gasteiger partial charge on any atom is -0.376 e. The van der Waals surface area contributed by atoms with Gasteiger partial charge in [0.25, 0.3) is 0 Å². The van der Waals surface area contributed by atoms with Crippen molar-refractivity contribution in [3.63, 3.8) is 0 Å². The Morgan fingerprint density at radius 1 is 1.35 bits per heavy atom. The lowest BCUT2D eigenvalue weighted by Crippen LogP contribution is -2.33. The Morgan fingerprint density at radius 3 is 2.55 bits per heavy atom. The van der Waals surface area contributed by atoms with E-state index in [0.29, 0.717) is 18.1 Å². The summed E-state index contributed by atoms with van der Waals surface area (Å²) in [5.74, 6) is 0.446. The first kappa shape index (κ1) is 15.3. The van der Waals surface area contributed by atoms with Crippen molar-refractivity contribution in [2.45, 2.75) is 38.1 Å². The lowest BCUT2D eigenvalue weighted by molar-refractivity contribution is -0.137. The Hall–Kier alpha value is -1.07. The van der Waals surface area contributed by atoms with Crippen LogP contribution in [0.4, 0.5) is 13.2 Å². The maximum atomic E-state index is 12.8. The number of nitrogens with one attached hydrogen (secondary N) is 1. The van der Waals surface area contributed by atoms with Crippen LogP contribution in [-0.2, 0) is 10.9 Å². The van der Waals surface area contributed by atoms with Crippen molar-refractivity contribution >= 4 is 0 Å². The Balaban J connectivity index is 2.26. The van der Waals surface area contributed by atoms with Crippen LogP contribution in [0.5, 0.6) is 0 Å². The molecule has 2 atom stereocenters. The van der Waals surface area contributed by atoms with E-state index in [0.717, 1.165) is 18.9 Å². The summed E-state index contributed by atoms with van der Waals surface area (Å²) < 4.78 is 44.2. The van der Waals surface area contributed by atoms with E-state index in [4.69, 9.17) is 4.74 Å². The highest BCUT2D eigenvalue weighted by molar-refractivity contribution is 5.29. The van der Waals surface area contributed by atoms with E-state index in [1.54, 1.807) is 13.1 Å². The second kappa shape index (κ2) is 6.14. The van der Waals surface area contributed by atoms with E-state index in [1.807, 2.05) is 6.92 Å². The summed E-state index contributed by atoms with van der Waals surface area (Å²) >= 11 is 0. The predicted molar refractivity (Wildman–Crippen MR) is 71.4 cm³/mol. The van der Waals surface area contributed by atoms with Gasteiger partial charge in [-0.2, -0.15) is 13.2 Å². The molecule has 112 valence electrons. The molecular formula is C15H20F3NO. The van der Waals surface area contributed by atoms with Gasteiger partial charge in [-0.05, 0) is 50.4 Å². The van der Waals surface area contributed by atoms with Crippen molar-refractivity contribution in [3.05, 3.63) is 35.4 Å². The maximum Gasteiger partial charge on any atom is 0.416 e. The molecule has 2 nitrogen and oxygen atoms in total. The monoisotopic (exact) mass is 287 g/mol. The molecule has 0 radical (unpaired) electrons. The fourth-order valence-corrected chi connectivity index (χ4v) is 2.55. The molecule has 0 aromatic heterocycles. The zero-order chi connectivity index (χ0) is 14.8. The molecule has 1 saturated carbocycles. The molecule has 0 aliphatic heterocycles. The molecule has 0 heterocycles. The molecule has 1 fully saturated rings. The topological polar surface area (TPSA) is 21.3 Å². The number of rotatable bonds is 6. The van der Waals surface area contributed by atoms with E-state index in [-0.39, 0.29) is 12.1 Å². The third-order valence-corrected chi connectivity index (χ3v) is 3.66. The van der Waals surface area contributed by atoms with Gasteiger partial charge in [-0.25, -0.2) is 0 Å². The second-order valence-electron chi connectivity index (χ2n) is 5.15. The highest BCUT2D eigenvalue weighted by atomic mass is 19.4. The van der Waals surface area contributed by atoms with Crippen LogP contribution >= 0.6 is 0 Å². The first-order valence-corrected chi connectivity index (χ1v) is 6.93. The normalized spacial score (nSPS) is 18.9. The number of halogens is 3. The van der Waals surface area contributed by atoms with Crippen LogP contribution in [0.1, 0.15) is 36.9 Å². The van der Waals surface area contributed by atoms with Gasteiger partial charge in [0.1, 0.15) is 0 Å². The Kier molecular flexibility index (Phi) is 4.70. The zero-order valence-corrected chi connectivity index (χ0v) is 11.7. The van der Waals surface area contributed by atoms with Crippen LogP contribution in [0.2, 0.25) is 0 Å².